The molecular formula is C14H24N4O2. The Balaban J connectivity index is 2.61. The zero-order chi connectivity index (χ0) is 15.3. The molecule has 6 nitrogen and oxygen atoms in total. The molecule has 0 unspecified atom stereocenters. The van der Waals surface area contributed by atoms with Crippen LogP contribution in [0, 0.1) is 12.8 Å². The van der Waals surface area contributed by atoms with E-state index in [-0.39, 0.29) is 11.8 Å². The number of aryl methyl sites for hydroxylation is 2. The van der Waals surface area contributed by atoms with E-state index < -0.39 is 6.04 Å². The molecule has 1 atom stereocenters. The van der Waals surface area contributed by atoms with Crippen LogP contribution in [-0.4, -0.2) is 27.6 Å². The van der Waals surface area contributed by atoms with Crippen LogP contribution in [0.15, 0.2) is 6.07 Å². The molecule has 0 saturated heterocycles. The maximum absolute atomic E-state index is 12.2. The summed E-state index contributed by atoms with van der Waals surface area (Å²) in [6.07, 6.45) is 0.621. The van der Waals surface area contributed by atoms with Gasteiger partial charge in [-0.15, -0.1) is 0 Å². The molecule has 20 heavy (non-hydrogen) atoms. The van der Waals surface area contributed by atoms with Crippen LogP contribution in [0.25, 0.3) is 0 Å². The molecule has 0 aliphatic carbocycles. The molecule has 1 rings (SSSR count). The second-order valence-electron chi connectivity index (χ2n) is 5.50. The molecule has 0 aliphatic rings. The predicted octanol–water partition coefficient (Wildman–Crippen LogP) is 0.896. The summed E-state index contributed by atoms with van der Waals surface area (Å²) in [5, 5.41) is 9.77. The first kappa shape index (κ1) is 16.2. The maximum atomic E-state index is 12.2. The zero-order valence-corrected chi connectivity index (χ0v) is 12.9. The van der Waals surface area contributed by atoms with Gasteiger partial charge in [0.05, 0.1) is 17.9 Å². The van der Waals surface area contributed by atoms with Crippen molar-refractivity contribution >= 4 is 11.8 Å². The molecule has 1 aromatic rings. The minimum absolute atomic E-state index is 0.159. The number of carbonyl (C=O) groups is 2. The van der Waals surface area contributed by atoms with E-state index in [2.05, 4.69) is 15.7 Å². The number of rotatable bonds is 6. The van der Waals surface area contributed by atoms with Crippen molar-refractivity contribution in [2.75, 3.05) is 0 Å². The number of carbonyl (C=O) groups excluding carboxylic acids is 2. The topological polar surface area (TPSA) is 76.0 Å². The molecule has 0 fully saturated rings. The lowest BCUT2D eigenvalue weighted by molar-refractivity contribution is -0.128. The van der Waals surface area contributed by atoms with Gasteiger partial charge in [0.1, 0.15) is 6.04 Å². The normalized spacial score (nSPS) is 12.3. The highest BCUT2D eigenvalue weighted by Gasteiger charge is 2.20. The third-order valence-corrected chi connectivity index (χ3v) is 2.94. The first-order chi connectivity index (χ1) is 9.29. The van der Waals surface area contributed by atoms with Crippen LogP contribution in [0.1, 0.15) is 38.6 Å². The van der Waals surface area contributed by atoms with Crippen LogP contribution in [0.4, 0.5) is 0 Å². The Hall–Kier alpha value is -1.85. The summed E-state index contributed by atoms with van der Waals surface area (Å²) < 4.78 is 1.74. The second-order valence-corrected chi connectivity index (χ2v) is 5.50. The summed E-state index contributed by atoms with van der Waals surface area (Å²) in [5.41, 5.74) is 1.85. The molecule has 0 aliphatic heterocycles. The van der Waals surface area contributed by atoms with Crippen molar-refractivity contribution in [2.24, 2.45) is 13.0 Å². The van der Waals surface area contributed by atoms with Gasteiger partial charge in [0, 0.05) is 14.0 Å². The van der Waals surface area contributed by atoms with E-state index in [0.29, 0.717) is 18.9 Å². The zero-order valence-electron chi connectivity index (χ0n) is 12.9. The highest BCUT2D eigenvalue weighted by Crippen LogP contribution is 2.06. The largest absolute Gasteiger partial charge is 0.349 e. The smallest absolute Gasteiger partial charge is 0.242 e. The second kappa shape index (κ2) is 7.07. The van der Waals surface area contributed by atoms with E-state index in [1.54, 1.807) is 4.68 Å². The number of hydrogen-bond donors (Lipinski definition) is 2. The Labute approximate surface area is 119 Å². The van der Waals surface area contributed by atoms with Crippen molar-refractivity contribution in [2.45, 2.75) is 46.7 Å². The first-order valence-corrected chi connectivity index (χ1v) is 6.84. The van der Waals surface area contributed by atoms with E-state index in [1.807, 2.05) is 33.9 Å². The van der Waals surface area contributed by atoms with Crippen molar-refractivity contribution in [3.05, 3.63) is 17.5 Å². The van der Waals surface area contributed by atoms with Gasteiger partial charge in [-0.25, -0.2) is 0 Å². The van der Waals surface area contributed by atoms with Gasteiger partial charge in [0.15, 0.2) is 0 Å². The first-order valence-electron chi connectivity index (χ1n) is 6.84. The lowest BCUT2D eigenvalue weighted by Crippen LogP contribution is -2.46. The van der Waals surface area contributed by atoms with Gasteiger partial charge in [-0.1, -0.05) is 13.8 Å². The molecule has 0 bridgehead atoms. The minimum Gasteiger partial charge on any atom is -0.349 e. The average molecular weight is 280 g/mol. The standard InChI is InChI=1S/C14H24N4O2/c1-9(2)6-13(16-11(4)19)14(20)15-8-12-7-10(3)17-18(12)5/h7,9,13H,6,8H2,1-5H3,(H,15,20)(H,16,19)/t13-/m1/s1. The Morgan fingerprint density at radius 1 is 1.40 bits per heavy atom. The van der Waals surface area contributed by atoms with Crippen molar-refractivity contribution in [1.82, 2.24) is 20.4 Å². The third kappa shape index (κ3) is 5.03. The van der Waals surface area contributed by atoms with Crippen molar-refractivity contribution in [3.8, 4) is 0 Å². The van der Waals surface area contributed by atoms with Crippen molar-refractivity contribution in [3.63, 3.8) is 0 Å². The lowest BCUT2D eigenvalue weighted by Gasteiger charge is -2.19. The van der Waals surface area contributed by atoms with E-state index in [1.165, 1.54) is 6.92 Å². The molecule has 112 valence electrons. The predicted molar refractivity (Wildman–Crippen MR) is 76.9 cm³/mol. The van der Waals surface area contributed by atoms with Crippen LogP contribution in [0.5, 0.6) is 0 Å². The molecule has 1 heterocycles. The summed E-state index contributed by atoms with van der Waals surface area (Å²) in [5.74, 6) is -0.0218. The molecule has 0 aromatic carbocycles. The average Bonchev–Trinajstić information content (AvgIpc) is 2.62. The van der Waals surface area contributed by atoms with E-state index in [9.17, 15) is 9.59 Å². The van der Waals surface area contributed by atoms with E-state index in [4.69, 9.17) is 0 Å². The Kier molecular flexibility index (Phi) is 5.73. The molecule has 0 saturated carbocycles. The van der Waals surface area contributed by atoms with Gasteiger partial charge in [-0.2, -0.15) is 5.10 Å². The van der Waals surface area contributed by atoms with E-state index in [0.717, 1.165) is 11.4 Å². The van der Waals surface area contributed by atoms with Gasteiger partial charge in [0.25, 0.3) is 0 Å². The SMILES string of the molecule is CC(=O)N[C@H](CC(C)C)C(=O)NCc1cc(C)nn1C. The van der Waals surface area contributed by atoms with Gasteiger partial charge >= 0.3 is 0 Å². The number of nitrogens with zero attached hydrogens (tertiary/aromatic N) is 2. The van der Waals surface area contributed by atoms with Crippen molar-refractivity contribution < 1.29 is 9.59 Å². The van der Waals surface area contributed by atoms with Gasteiger partial charge < -0.3 is 10.6 Å². The highest BCUT2D eigenvalue weighted by molar-refractivity contribution is 5.86. The number of aromatic nitrogens is 2. The monoisotopic (exact) mass is 280 g/mol. The summed E-state index contributed by atoms with van der Waals surface area (Å²) in [6, 6.07) is 1.44. The maximum Gasteiger partial charge on any atom is 0.242 e. The minimum atomic E-state index is -0.484. The molecular weight excluding hydrogens is 256 g/mol. The highest BCUT2D eigenvalue weighted by atomic mass is 16.2. The number of hydrogen-bond acceptors (Lipinski definition) is 3. The van der Waals surface area contributed by atoms with Crippen molar-refractivity contribution in [1.29, 1.82) is 0 Å². The fraction of sp³-hybridized carbons (Fsp3) is 0.643. The Bertz CT molecular complexity index is 480. The summed E-state index contributed by atoms with van der Waals surface area (Å²) >= 11 is 0. The van der Waals surface area contributed by atoms with Crippen LogP contribution in [0.3, 0.4) is 0 Å². The number of amides is 2. The van der Waals surface area contributed by atoms with Crippen LogP contribution >= 0.6 is 0 Å². The molecule has 0 radical (unpaired) electrons. The molecule has 2 amide bonds. The van der Waals surface area contributed by atoms with Crippen LogP contribution in [-0.2, 0) is 23.2 Å². The molecule has 0 spiro atoms. The quantitative estimate of drug-likeness (QED) is 0.812. The Morgan fingerprint density at radius 3 is 2.50 bits per heavy atom. The summed E-state index contributed by atoms with van der Waals surface area (Å²) in [4.78, 5) is 23.3. The van der Waals surface area contributed by atoms with E-state index >= 15 is 0 Å². The van der Waals surface area contributed by atoms with Gasteiger partial charge in [-0.3, -0.25) is 14.3 Å². The third-order valence-electron chi connectivity index (χ3n) is 2.94. The fourth-order valence-electron chi connectivity index (χ4n) is 2.08. The number of nitrogens with one attached hydrogen (secondary N) is 2. The van der Waals surface area contributed by atoms with Crippen LogP contribution < -0.4 is 10.6 Å². The molecule has 2 N–H and O–H groups in total. The molecule has 6 heteroatoms. The lowest BCUT2D eigenvalue weighted by atomic mass is 10.0. The Morgan fingerprint density at radius 2 is 2.05 bits per heavy atom. The van der Waals surface area contributed by atoms with Gasteiger partial charge in [0.2, 0.25) is 11.8 Å². The van der Waals surface area contributed by atoms with Gasteiger partial charge in [-0.05, 0) is 25.3 Å². The summed E-state index contributed by atoms with van der Waals surface area (Å²) in [6.45, 7) is 7.78. The fourth-order valence-corrected chi connectivity index (χ4v) is 2.08. The molecule has 1 aromatic heterocycles. The van der Waals surface area contributed by atoms with Crippen LogP contribution in [0.2, 0.25) is 0 Å². The summed E-state index contributed by atoms with van der Waals surface area (Å²) in [7, 11) is 1.84.